The van der Waals surface area contributed by atoms with Gasteiger partial charge in [0.05, 0.1) is 17.9 Å². The van der Waals surface area contributed by atoms with Gasteiger partial charge in [0.2, 0.25) is 0 Å². The first-order chi connectivity index (χ1) is 15.2. The molecule has 170 valence electrons. The highest BCUT2D eigenvalue weighted by Gasteiger charge is 2.26. The normalized spacial score (nSPS) is 19.4. The molecule has 1 saturated heterocycles. The van der Waals surface area contributed by atoms with Gasteiger partial charge in [0.15, 0.2) is 5.84 Å². The number of rotatable bonds is 5. The van der Waals surface area contributed by atoms with Gasteiger partial charge in [0, 0.05) is 33.1 Å². The van der Waals surface area contributed by atoms with Crippen LogP contribution in [-0.2, 0) is 10.2 Å². The smallest absolute Gasteiger partial charge is 0.344 e. The average Bonchev–Trinajstić information content (AvgIpc) is 2.76. The Bertz CT molecular complexity index is 1160. The zero-order valence-electron chi connectivity index (χ0n) is 18.0. The molecule has 11 heteroatoms. The first-order valence-corrected chi connectivity index (χ1v) is 11.8. The van der Waals surface area contributed by atoms with Crippen LogP contribution in [-0.4, -0.2) is 63.8 Å². The summed E-state index contributed by atoms with van der Waals surface area (Å²) in [4.78, 5) is 20.5. The quantitative estimate of drug-likeness (QED) is 0.693. The number of amidine groups is 1. The first kappa shape index (κ1) is 21.9. The Morgan fingerprint density at radius 2 is 2.06 bits per heavy atom. The Morgan fingerprint density at radius 1 is 1.28 bits per heavy atom. The van der Waals surface area contributed by atoms with Crippen LogP contribution in [0.2, 0.25) is 0 Å². The molecule has 1 aromatic heterocycles. The summed E-state index contributed by atoms with van der Waals surface area (Å²) in [6, 6.07) is 10.6. The maximum Gasteiger partial charge on any atom is 0.344 e. The third-order valence-corrected chi connectivity index (χ3v) is 6.33. The lowest BCUT2D eigenvalue weighted by Gasteiger charge is -2.34. The van der Waals surface area contributed by atoms with E-state index < -0.39 is 10.2 Å². The van der Waals surface area contributed by atoms with E-state index in [0.717, 1.165) is 31.7 Å². The average molecular weight is 459 g/mol. The molecule has 3 N–H and O–H groups in total. The predicted octanol–water partition coefficient (Wildman–Crippen LogP) is 1.45. The Labute approximate surface area is 187 Å². The summed E-state index contributed by atoms with van der Waals surface area (Å²) in [6.45, 7) is 2.02. The zero-order chi connectivity index (χ0) is 22.9. The number of pyridine rings is 1. The molecule has 4 rings (SSSR count). The molecular weight excluding hydrogens is 432 g/mol. The van der Waals surface area contributed by atoms with Gasteiger partial charge in [-0.1, -0.05) is 12.1 Å². The van der Waals surface area contributed by atoms with Gasteiger partial charge in [0.25, 0.3) is 5.91 Å². The number of nitrogens with one attached hydrogen (secondary N) is 1. The second-order valence-corrected chi connectivity index (χ2v) is 9.42. The molecule has 1 aromatic carbocycles. The molecule has 2 aliphatic heterocycles. The number of fused-ring (bicyclic) bond motifs is 1. The molecule has 3 heterocycles. The molecule has 2 aromatic rings. The van der Waals surface area contributed by atoms with Crippen LogP contribution in [0.15, 0.2) is 40.8 Å². The van der Waals surface area contributed by atoms with Crippen LogP contribution in [0.5, 0.6) is 5.75 Å². The van der Waals surface area contributed by atoms with E-state index in [-0.39, 0.29) is 17.7 Å². The molecule has 32 heavy (non-hydrogen) atoms. The Hall–Kier alpha value is -3.34. The van der Waals surface area contributed by atoms with Crippen LogP contribution in [0, 0.1) is 5.92 Å². The largest absolute Gasteiger partial charge is 0.492 e. The number of benzene rings is 1. The van der Waals surface area contributed by atoms with Crippen molar-refractivity contribution in [1.29, 1.82) is 0 Å². The summed E-state index contributed by atoms with van der Waals surface area (Å²) in [7, 11) is -0.426. The summed E-state index contributed by atoms with van der Waals surface area (Å²) < 4.78 is 35.5. The summed E-state index contributed by atoms with van der Waals surface area (Å²) in [6.07, 6.45) is 1.95. The van der Waals surface area contributed by atoms with Gasteiger partial charge in [-0.2, -0.15) is 8.42 Å². The highest BCUT2D eigenvalue weighted by molar-refractivity contribution is 7.91. The number of hydrogen-bond acceptors (Lipinski definition) is 7. The third-order valence-electron chi connectivity index (χ3n) is 5.42. The lowest BCUT2D eigenvalue weighted by Crippen LogP contribution is -2.38. The maximum atomic E-state index is 12.2. The van der Waals surface area contributed by atoms with Crippen LogP contribution in [0.3, 0.4) is 0 Å². The molecule has 0 spiro atoms. The van der Waals surface area contributed by atoms with Crippen molar-refractivity contribution in [3.8, 4) is 5.75 Å². The number of hydrogen-bond donors (Lipinski definition) is 2. The van der Waals surface area contributed by atoms with Crippen LogP contribution < -0.4 is 20.1 Å². The number of amides is 1. The fourth-order valence-corrected chi connectivity index (χ4v) is 4.75. The number of ether oxygens (including phenoxy) is 1. The summed E-state index contributed by atoms with van der Waals surface area (Å²) >= 11 is 0. The minimum absolute atomic E-state index is 0.0915. The molecule has 1 atom stereocenters. The molecule has 1 amide bonds. The van der Waals surface area contributed by atoms with Crippen molar-refractivity contribution >= 4 is 33.5 Å². The standard InChI is InChI=1S/C21H26N6O4S/c1-26(2)21(28)16-8-4-10-18(23-16)27-11-5-6-14(12-27)13-31-17-9-3-7-15-19(17)20(22)25-32(29,30)24-15/h3-4,7-10,14,24H,5-6,11-13H2,1-2H3,(H2,22,25)/t14-/m0/s1. The van der Waals surface area contributed by atoms with Gasteiger partial charge in [-0.15, -0.1) is 4.40 Å². The molecular formula is C21H26N6O4S. The van der Waals surface area contributed by atoms with Gasteiger partial charge < -0.3 is 20.3 Å². The number of piperidine rings is 1. The second kappa shape index (κ2) is 8.65. The lowest BCUT2D eigenvalue weighted by atomic mass is 9.99. The van der Waals surface area contributed by atoms with E-state index in [2.05, 4.69) is 19.0 Å². The highest BCUT2D eigenvalue weighted by Crippen LogP contribution is 2.31. The summed E-state index contributed by atoms with van der Waals surface area (Å²) in [5.41, 5.74) is 7.11. The van der Waals surface area contributed by atoms with E-state index in [1.807, 2.05) is 12.1 Å². The van der Waals surface area contributed by atoms with E-state index in [1.54, 1.807) is 38.4 Å². The predicted molar refractivity (Wildman–Crippen MR) is 122 cm³/mol. The van der Waals surface area contributed by atoms with Crippen molar-refractivity contribution < 1.29 is 17.9 Å². The Balaban J connectivity index is 1.46. The molecule has 0 radical (unpaired) electrons. The molecule has 0 aliphatic carbocycles. The van der Waals surface area contributed by atoms with E-state index in [9.17, 15) is 13.2 Å². The number of nitrogens with two attached hydrogens (primary N) is 1. The number of anilines is 2. The minimum atomic E-state index is -3.83. The number of nitrogens with zero attached hydrogens (tertiary/aromatic N) is 4. The molecule has 0 bridgehead atoms. The van der Waals surface area contributed by atoms with Crippen molar-refractivity contribution in [2.75, 3.05) is 43.4 Å². The topological polar surface area (TPSA) is 130 Å². The number of carbonyl (C=O) groups is 1. The summed E-state index contributed by atoms with van der Waals surface area (Å²) in [5.74, 6) is 1.26. The van der Waals surface area contributed by atoms with E-state index >= 15 is 0 Å². The van der Waals surface area contributed by atoms with Crippen LogP contribution in [0.25, 0.3) is 0 Å². The van der Waals surface area contributed by atoms with Crippen LogP contribution in [0.4, 0.5) is 11.5 Å². The summed E-state index contributed by atoms with van der Waals surface area (Å²) in [5, 5.41) is 0. The molecule has 1 fully saturated rings. The van der Waals surface area contributed by atoms with E-state index in [0.29, 0.717) is 29.3 Å². The van der Waals surface area contributed by atoms with Gasteiger partial charge in [-0.3, -0.25) is 9.52 Å². The third kappa shape index (κ3) is 4.62. The molecule has 0 unspecified atom stereocenters. The Morgan fingerprint density at radius 3 is 2.84 bits per heavy atom. The first-order valence-electron chi connectivity index (χ1n) is 10.3. The van der Waals surface area contributed by atoms with Crippen molar-refractivity contribution in [2.45, 2.75) is 12.8 Å². The van der Waals surface area contributed by atoms with Crippen molar-refractivity contribution in [2.24, 2.45) is 16.0 Å². The maximum absolute atomic E-state index is 12.2. The van der Waals surface area contributed by atoms with Gasteiger partial charge in [0.1, 0.15) is 17.3 Å². The minimum Gasteiger partial charge on any atom is -0.492 e. The van der Waals surface area contributed by atoms with Crippen LogP contribution in [0.1, 0.15) is 28.9 Å². The van der Waals surface area contributed by atoms with E-state index in [4.69, 9.17) is 10.5 Å². The number of aromatic nitrogens is 1. The van der Waals surface area contributed by atoms with Crippen molar-refractivity contribution in [3.63, 3.8) is 0 Å². The lowest BCUT2D eigenvalue weighted by molar-refractivity contribution is 0.0822. The number of carbonyl (C=O) groups excluding carboxylic acids is 1. The molecule has 2 aliphatic rings. The molecule has 0 saturated carbocycles. The molecule has 10 nitrogen and oxygen atoms in total. The highest BCUT2D eigenvalue weighted by atomic mass is 32.2. The fourth-order valence-electron chi connectivity index (χ4n) is 3.90. The Kier molecular flexibility index (Phi) is 5.92. The second-order valence-electron chi connectivity index (χ2n) is 8.08. The monoisotopic (exact) mass is 458 g/mol. The van der Waals surface area contributed by atoms with E-state index in [1.165, 1.54) is 4.90 Å². The fraction of sp³-hybridized carbons (Fsp3) is 0.381. The van der Waals surface area contributed by atoms with Gasteiger partial charge in [-0.25, -0.2) is 4.98 Å². The van der Waals surface area contributed by atoms with Gasteiger partial charge in [-0.05, 0) is 37.1 Å². The SMILES string of the molecule is CN(C)C(=O)c1cccc(N2CCC[C@H](COc3cccc4c3C(N)=NS(=O)(=O)N4)C2)n1. The zero-order valence-corrected chi connectivity index (χ0v) is 18.8. The van der Waals surface area contributed by atoms with Crippen molar-refractivity contribution in [1.82, 2.24) is 9.88 Å². The van der Waals surface area contributed by atoms with Crippen molar-refractivity contribution in [3.05, 3.63) is 47.7 Å². The van der Waals surface area contributed by atoms with Crippen LogP contribution >= 0.6 is 0 Å². The van der Waals surface area contributed by atoms with Gasteiger partial charge >= 0.3 is 10.2 Å².